The number of carbonyl (C=O) groups is 2. The van der Waals surface area contributed by atoms with Crippen LogP contribution in [0, 0.1) is 11.8 Å². The molecular formula is C21H29NO3. The van der Waals surface area contributed by atoms with E-state index in [9.17, 15) is 9.59 Å². The molecule has 1 N–H and O–H groups in total. The SMILES string of the molecule is C=CC(c1ccccc1)C1C(=O)N[C@H](C(=O)OC(C)(C)C)[C@H]1CCC. The van der Waals surface area contributed by atoms with E-state index in [0.29, 0.717) is 0 Å². The average Bonchev–Trinajstić information content (AvgIpc) is 2.86. The lowest BCUT2D eigenvalue weighted by Crippen LogP contribution is -2.41. The largest absolute Gasteiger partial charge is 0.458 e. The molecule has 1 aromatic rings. The molecule has 0 aromatic heterocycles. The second-order valence-corrected chi connectivity index (χ2v) is 7.67. The van der Waals surface area contributed by atoms with Crippen LogP contribution in [0.5, 0.6) is 0 Å². The van der Waals surface area contributed by atoms with Crippen molar-refractivity contribution in [1.29, 1.82) is 0 Å². The van der Waals surface area contributed by atoms with E-state index in [2.05, 4.69) is 18.8 Å². The number of amides is 1. The quantitative estimate of drug-likeness (QED) is 0.631. The summed E-state index contributed by atoms with van der Waals surface area (Å²) < 4.78 is 5.53. The standard InChI is InChI=1S/C21H29NO3/c1-6-11-16-17(15(7-2)14-12-9-8-10-13-14)19(23)22-18(16)20(24)25-21(3,4)5/h7-10,12-13,15-18H,2,6,11H2,1,3-5H3,(H,22,23)/t15?,16-,17?,18-/m0/s1. The minimum Gasteiger partial charge on any atom is -0.458 e. The third-order valence-electron chi connectivity index (χ3n) is 4.60. The number of benzene rings is 1. The fourth-order valence-electron chi connectivity index (χ4n) is 3.63. The first-order valence-electron chi connectivity index (χ1n) is 8.99. The maximum absolute atomic E-state index is 12.7. The molecule has 0 bridgehead atoms. The summed E-state index contributed by atoms with van der Waals surface area (Å²) in [6, 6.07) is 9.28. The highest BCUT2D eigenvalue weighted by Gasteiger charge is 2.49. The Hall–Kier alpha value is -2.10. The number of carbonyl (C=O) groups excluding carboxylic acids is 2. The summed E-state index contributed by atoms with van der Waals surface area (Å²) >= 11 is 0. The summed E-state index contributed by atoms with van der Waals surface area (Å²) in [5, 5.41) is 2.88. The van der Waals surface area contributed by atoms with Crippen molar-refractivity contribution >= 4 is 11.9 Å². The molecule has 0 radical (unpaired) electrons. The summed E-state index contributed by atoms with van der Waals surface area (Å²) in [5.41, 5.74) is 0.470. The predicted octanol–water partition coefficient (Wildman–Crippen LogP) is 3.83. The highest BCUT2D eigenvalue weighted by atomic mass is 16.6. The Labute approximate surface area is 150 Å². The third kappa shape index (κ3) is 4.50. The summed E-state index contributed by atoms with van der Waals surface area (Å²) in [7, 11) is 0. The minimum atomic E-state index is -0.595. The van der Waals surface area contributed by atoms with E-state index < -0.39 is 11.6 Å². The molecule has 2 unspecified atom stereocenters. The first-order chi connectivity index (χ1) is 11.8. The molecule has 1 aliphatic rings. The minimum absolute atomic E-state index is 0.0944. The molecule has 0 aliphatic carbocycles. The third-order valence-corrected chi connectivity index (χ3v) is 4.60. The molecule has 136 valence electrons. The zero-order chi connectivity index (χ0) is 18.6. The van der Waals surface area contributed by atoms with Crippen LogP contribution in [0.25, 0.3) is 0 Å². The average molecular weight is 343 g/mol. The van der Waals surface area contributed by atoms with Gasteiger partial charge in [-0.2, -0.15) is 0 Å². The van der Waals surface area contributed by atoms with Gasteiger partial charge in [-0.1, -0.05) is 49.8 Å². The summed E-state index contributed by atoms with van der Waals surface area (Å²) in [6.45, 7) is 11.5. The number of esters is 1. The van der Waals surface area contributed by atoms with Gasteiger partial charge in [0.1, 0.15) is 11.6 Å². The zero-order valence-electron chi connectivity index (χ0n) is 15.6. The fourth-order valence-corrected chi connectivity index (χ4v) is 3.63. The van der Waals surface area contributed by atoms with Crippen molar-refractivity contribution < 1.29 is 14.3 Å². The van der Waals surface area contributed by atoms with Crippen LogP contribution in [0.2, 0.25) is 0 Å². The highest BCUT2D eigenvalue weighted by Crippen LogP contribution is 2.40. The van der Waals surface area contributed by atoms with Crippen molar-refractivity contribution in [1.82, 2.24) is 5.32 Å². The van der Waals surface area contributed by atoms with Gasteiger partial charge in [-0.05, 0) is 32.8 Å². The molecule has 1 amide bonds. The topological polar surface area (TPSA) is 55.4 Å². The van der Waals surface area contributed by atoms with Crippen LogP contribution in [0.15, 0.2) is 43.0 Å². The number of hydrogen-bond acceptors (Lipinski definition) is 3. The molecule has 4 atom stereocenters. The van der Waals surface area contributed by atoms with E-state index in [0.717, 1.165) is 18.4 Å². The molecule has 0 saturated carbocycles. The lowest BCUT2D eigenvalue weighted by Gasteiger charge is -2.28. The van der Waals surface area contributed by atoms with Gasteiger partial charge in [0.2, 0.25) is 5.91 Å². The normalized spacial score (nSPS) is 24.5. The first kappa shape index (κ1) is 19.2. The van der Waals surface area contributed by atoms with Gasteiger partial charge in [0.15, 0.2) is 0 Å². The molecule has 4 heteroatoms. The molecule has 1 heterocycles. The van der Waals surface area contributed by atoms with Gasteiger partial charge in [0, 0.05) is 11.8 Å². The molecule has 1 saturated heterocycles. The van der Waals surface area contributed by atoms with E-state index in [1.165, 1.54) is 0 Å². The summed E-state index contributed by atoms with van der Waals surface area (Å²) in [6.07, 6.45) is 3.50. The molecule has 2 rings (SSSR count). The smallest absolute Gasteiger partial charge is 0.329 e. The lowest BCUT2D eigenvalue weighted by molar-refractivity contribution is -0.158. The molecule has 4 nitrogen and oxygen atoms in total. The van der Waals surface area contributed by atoms with E-state index in [4.69, 9.17) is 4.74 Å². The molecular weight excluding hydrogens is 314 g/mol. The van der Waals surface area contributed by atoms with Gasteiger partial charge in [-0.25, -0.2) is 4.79 Å². The van der Waals surface area contributed by atoms with Crippen LogP contribution >= 0.6 is 0 Å². The Morgan fingerprint density at radius 2 is 1.96 bits per heavy atom. The van der Waals surface area contributed by atoms with E-state index in [1.54, 1.807) is 0 Å². The molecule has 1 aromatic carbocycles. The van der Waals surface area contributed by atoms with Gasteiger partial charge in [-0.3, -0.25) is 4.79 Å². The van der Waals surface area contributed by atoms with Gasteiger partial charge in [-0.15, -0.1) is 6.58 Å². The van der Waals surface area contributed by atoms with Crippen LogP contribution in [-0.4, -0.2) is 23.5 Å². The molecule has 25 heavy (non-hydrogen) atoms. The van der Waals surface area contributed by atoms with Gasteiger partial charge in [0.05, 0.1) is 5.92 Å². The van der Waals surface area contributed by atoms with E-state index in [-0.39, 0.29) is 29.6 Å². The highest BCUT2D eigenvalue weighted by molar-refractivity contribution is 5.91. The zero-order valence-corrected chi connectivity index (χ0v) is 15.6. The Bertz CT molecular complexity index is 618. The number of hydrogen-bond donors (Lipinski definition) is 1. The number of rotatable bonds is 6. The first-order valence-corrected chi connectivity index (χ1v) is 8.99. The van der Waals surface area contributed by atoms with Crippen molar-refractivity contribution in [2.24, 2.45) is 11.8 Å². The second-order valence-electron chi connectivity index (χ2n) is 7.67. The fraction of sp³-hybridized carbons (Fsp3) is 0.524. The monoisotopic (exact) mass is 343 g/mol. The number of ether oxygens (including phenoxy) is 1. The van der Waals surface area contributed by atoms with E-state index >= 15 is 0 Å². The van der Waals surface area contributed by atoms with Gasteiger partial charge in [0.25, 0.3) is 0 Å². The van der Waals surface area contributed by atoms with Crippen LogP contribution in [0.4, 0.5) is 0 Å². The number of allylic oxidation sites excluding steroid dienone is 1. The van der Waals surface area contributed by atoms with E-state index in [1.807, 2.05) is 57.2 Å². The van der Waals surface area contributed by atoms with Gasteiger partial charge < -0.3 is 10.1 Å². The van der Waals surface area contributed by atoms with Crippen molar-refractivity contribution in [3.63, 3.8) is 0 Å². The lowest BCUT2D eigenvalue weighted by atomic mass is 9.75. The Balaban J connectivity index is 2.32. The summed E-state index contributed by atoms with van der Waals surface area (Å²) in [5.74, 6) is -0.973. The maximum atomic E-state index is 12.7. The van der Waals surface area contributed by atoms with Crippen LogP contribution in [0.3, 0.4) is 0 Å². The molecule has 1 fully saturated rings. The Kier molecular flexibility index (Phi) is 6.04. The molecule has 1 aliphatic heterocycles. The van der Waals surface area contributed by atoms with Gasteiger partial charge >= 0.3 is 5.97 Å². The van der Waals surface area contributed by atoms with Crippen molar-refractivity contribution in [2.75, 3.05) is 0 Å². The Morgan fingerprint density at radius 3 is 2.48 bits per heavy atom. The number of nitrogens with one attached hydrogen (secondary N) is 1. The van der Waals surface area contributed by atoms with Crippen molar-refractivity contribution in [3.05, 3.63) is 48.6 Å². The predicted molar refractivity (Wildman–Crippen MR) is 99.0 cm³/mol. The second kappa shape index (κ2) is 7.85. The van der Waals surface area contributed by atoms with Crippen molar-refractivity contribution in [2.45, 2.75) is 58.1 Å². The van der Waals surface area contributed by atoms with Crippen LogP contribution in [-0.2, 0) is 14.3 Å². The van der Waals surface area contributed by atoms with Crippen molar-refractivity contribution in [3.8, 4) is 0 Å². The van der Waals surface area contributed by atoms with Crippen LogP contribution < -0.4 is 5.32 Å². The maximum Gasteiger partial charge on any atom is 0.329 e. The molecule has 0 spiro atoms. The summed E-state index contributed by atoms with van der Waals surface area (Å²) in [4.78, 5) is 25.4. The Morgan fingerprint density at radius 1 is 1.32 bits per heavy atom. The van der Waals surface area contributed by atoms with Crippen LogP contribution in [0.1, 0.15) is 52.0 Å².